The Labute approximate surface area is 218 Å². The van der Waals surface area contributed by atoms with Gasteiger partial charge in [0.25, 0.3) is 15.6 Å². The number of carbonyl (C=O) groups is 1. The summed E-state index contributed by atoms with van der Waals surface area (Å²) in [6.07, 6.45) is 4.17. The third-order valence-electron chi connectivity index (χ3n) is 6.62. The molecule has 12 heteroatoms. The highest BCUT2D eigenvalue weighted by Crippen LogP contribution is 2.35. The van der Waals surface area contributed by atoms with Gasteiger partial charge in [0.1, 0.15) is 11.6 Å². The van der Waals surface area contributed by atoms with Gasteiger partial charge >= 0.3 is 5.97 Å². The van der Waals surface area contributed by atoms with Gasteiger partial charge in [-0.3, -0.25) is 9.52 Å². The fourth-order valence-corrected chi connectivity index (χ4v) is 5.86. The normalized spacial score (nSPS) is 14.2. The molecule has 0 aliphatic heterocycles. The van der Waals surface area contributed by atoms with Gasteiger partial charge in [0.05, 0.1) is 28.3 Å². The van der Waals surface area contributed by atoms with E-state index in [-0.39, 0.29) is 33.4 Å². The molecule has 0 unspecified atom stereocenters. The van der Waals surface area contributed by atoms with Gasteiger partial charge in [-0.1, -0.05) is 12.8 Å². The van der Waals surface area contributed by atoms with Crippen molar-refractivity contribution in [3.63, 3.8) is 0 Å². The first kappa shape index (κ1) is 25.5. The molecule has 11 nitrogen and oxygen atoms in total. The molecule has 0 amide bonds. The van der Waals surface area contributed by atoms with Gasteiger partial charge in [-0.15, -0.1) is 5.10 Å². The molecule has 198 valence electrons. The summed E-state index contributed by atoms with van der Waals surface area (Å²) in [5, 5.41) is 13.8. The van der Waals surface area contributed by atoms with E-state index < -0.39 is 16.0 Å². The quantitative estimate of drug-likeness (QED) is 0.305. The number of sulfonamides is 1. The number of aromatic amines is 1. The van der Waals surface area contributed by atoms with Crippen LogP contribution in [-0.2, 0) is 10.0 Å². The summed E-state index contributed by atoms with van der Waals surface area (Å²) in [7, 11) is -4.03. The highest BCUT2D eigenvalue weighted by Gasteiger charge is 2.25. The Kier molecular flexibility index (Phi) is 6.66. The molecule has 0 spiro atoms. The van der Waals surface area contributed by atoms with E-state index in [1.165, 1.54) is 30.3 Å². The van der Waals surface area contributed by atoms with E-state index >= 15 is 0 Å². The summed E-state index contributed by atoms with van der Waals surface area (Å²) in [5.41, 5.74) is 1.23. The lowest BCUT2D eigenvalue weighted by molar-refractivity contribution is 0.0696. The van der Waals surface area contributed by atoms with Crippen molar-refractivity contribution in [2.75, 3.05) is 11.3 Å². The topological polar surface area (TPSA) is 156 Å². The molecule has 4 aromatic rings. The lowest BCUT2D eigenvalue weighted by Crippen LogP contribution is -2.17. The lowest BCUT2D eigenvalue weighted by atomic mass is 10.1. The van der Waals surface area contributed by atoms with E-state index in [9.17, 15) is 18.0 Å². The molecule has 1 fully saturated rings. The molecule has 0 saturated heterocycles. The second-order valence-electron chi connectivity index (χ2n) is 9.18. The van der Waals surface area contributed by atoms with Gasteiger partial charge in [-0.25, -0.2) is 22.7 Å². The Hall–Kier alpha value is -4.19. The number of aromatic nitrogens is 4. The highest BCUT2D eigenvalue weighted by molar-refractivity contribution is 7.92. The summed E-state index contributed by atoms with van der Waals surface area (Å²) in [6, 6.07) is 9.57. The van der Waals surface area contributed by atoms with Crippen LogP contribution in [0, 0.1) is 6.92 Å². The van der Waals surface area contributed by atoms with Crippen molar-refractivity contribution < 1.29 is 23.1 Å². The van der Waals surface area contributed by atoms with Crippen LogP contribution in [0.1, 0.15) is 60.4 Å². The van der Waals surface area contributed by atoms with Gasteiger partial charge in [0.2, 0.25) is 0 Å². The first-order valence-electron chi connectivity index (χ1n) is 12.3. The number of fused-ring (bicyclic) bond motifs is 1. The zero-order valence-corrected chi connectivity index (χ0v) is 21.7. The Bertz CT molecular complexity index is 1690. The molecule has 0 radical (unpaired) electrons. The minimum absolute atomic E-state index is 0.0237. The largest absolute Gasteiger partial charge is 0.493 e. The van der Waals surface area contributed by atoms with Crippen LogP contribution in [0.15, 0.2) is 52.2 Å². The Morgan fingerprint density at radius 3 is 2.55 bits per heavy atom. The van der Waals surface area contributed by atoms with Crippen molar-refractivity contribution in [1.82, 2.24) is 19.6 Å². The van der Waals surface area contributed by atoms with Gasteiger partial charge < -0.3 is 14.8 Å². The van der Waals surface area contributed by atoms with Crippen molar-refractivity contribution in [2.24, 2.45) is 0 Å². The van der Waals surface area contributed by atoms with Gasteiger partial charge in [0, 0.05) is 11.6 Å². The summed E-state index contributed by atoms with van der Waals surface area (Å²) >= 11 is 0. The summed E-state index contributed by atoms with van der Waals surface area (Å²) in [4.78, 5) is 31.6. The second kappa shape index (κ2) is 9.93. The number of hydrogen-bond acceptors (Lipinski definition) is 7. The Balaban J connectivity index is 1.57. The maximum Gasteiger partial charge on any atom is 0.335 e. The van der Waals surface area contributed by atoms with Gasteiger partial charge in [-0.05, 0) is 69.2 Å². The molecule has 2 aromatic carbocycles. The zero-order valence-electron chi connectivity index (χ0n) is 20.9. The van der Waals surface area contributed by atoms with E-state index in [4.69, 9.17) is 14.9 Å². The second-order valence-corrected chi connectivity index (χ2v) is 10.9. The van der Waals surface area contributed by atoms with Crippen LogP contribution in [0.3, 0.4) is 0 Å². The minimum atomic E-state index is -4.03. The average molecular weight is 538 g/mol. The maximum absolute atomic E-state index is 13.1. The monoisotopic (exact) mass is 537 g/mol. The number of benzene rings is 2. The van der Waals surface area contributed by atoms with Crippen LogP contribution >= 0.6 is 0 Å². The fraction of sp³-hybridized carbons (Fsp3) is 0.308. The van der Waals surface area contributed by atoms with Crippen molar-refractivity contribution in [1.29, 1.82) is 0 Å². The molecule has 1 saturated carbocycles. The van der Waals surface area contributed by atoms with Crippen molar-refractivity contribution in [3.8, 4) is 17.1 Å². The Morgan fingerprint density at radius 2 is 1.89 bits per heavy atom. The number of H-pyrrole nitrogens is 1. The molecular formula is C26H27N5O6S. The third-order valence-corrected chi connectivity index (χ3v) is 8.02. The molecule has 0 bridgehead atoms. The maximum atomic E-state index is 13.1. The summed E-state index contributed by atoms with van der Waals surface area (Å²) < 4.78 is 35.9. The number of nitrogens with one attached hydrogen (secondary N) is 2. The number of anilines is 1. The van der Waals surface area contributed by atoms with E-state index in [1.54, 1.807) is 23.6 Å². The van der Waals surface area contributed by atoms with Crippen LogP contribution < -0.4 is 15.0 Å². The van der Waals surface area contributed by atoms with Gasteiger partial charge in [0.15, 0.2) is 11.3 Å². The number of carboxylic acids is 1. The molecule has 1 aliphatic carbocycles. The predicted octanol–water partition coefficient (Wildman–Crippen LogP) is 3.95. The number of hydrogen-bond donors (Lipinski definition) is 3. The highest BCUT2D eigenvalue weighted by atomic mass is 32.2. The Morgan fingerprint density at radius 1 is 1.18 bits per heavy atom. The summed E-state index contributed by atoms with van der Waals surface area (Å²) in [6.45, 7) is 3.95. The molecule has 3 N–H and O–H groups in total. The minimum Gasteiger partial charge on any atom is -0.493 e. The first-order valence-corrected chi connectivity index (χ1v) is 13.8. The molecule has 5 rings (SSSR count). The number of aryl methyl sites for hydroxylation is 1. The number of carboxylic acid groups (broad SMARTS) is 1. The van der Waals surface area contributed by atoms with E-state index in [0.29, 0.717) is 29.1 Å². The smallest absolute Gasteiger partial charge is 0.335 e. The number of aromatic carboxylic acids is 1. The van der Waals surface area contributed by atoms with E-state index in [2.05, 4.69) is 14.7 Å². The number of nitrogens with zero attached hydrogens (tertiary/aromatic N) is 3. The molecule has 2 heterocycles. The number of rotatable bonds is 8. The summed E-state index contributed by atoms with van der Waals surface area (Å²) in [5.74, 6) is 0.454. The number of imidazole rings is 1. The predicted molar refractivity (Wildman–Crippen MR) is 140 cm³/mol. The van der Waals surface area contributed by atoms with E-state index in [0.717, 1.165) is 31.5 Å². The van der Waals surface area contributed by atoms with Gasteiger partial charge in [-0.2, -0.15) is 0 Å². The van der Waals surface area contributed by atoms with Crippen molar-refractivity contribution >= 4 is 27.2 Å². The van der Waals surface area contributed by atoms with Crippen LogP contribution in [0.2, 0.25) is 0 Å². The average Bonchev–Trinajstić information content (AvgIpc) is 3.53. The molecule has 1 aliphatic rings. The molecule has 0 atom stereocenters. The first-order chi connectivity index (χ1) is 18.2. The van der Waals surface area contributed by atoms with Crippen molar-refractivity contribution in [2.45, 2.75) is 50.3 Å². The van der Waals surface area contributed by atoms with Crippen molar-refractivity contribution in [3.05, 3.63) is 69.9 Å². The van der Waals surface area contributed by atoms with Crippen LogP contribution in [0.4, 0.5) is 5.69 Å². The number of ether oxygens (including phenoxy) is 1. The van der Waals surface area contributed by atoms with Crippen LogP contribution in [0.5, 0.6) is 5.75 Å². The molecule has 2 aromatic heterocycles. The van der Waals surface area contributed by atoms with Crippen LogP contribution in [-0.4, -0.2) is 45.7 Å². The lowest BCUT2D eigenvalue weighted by Gasteiger charge is -2.14. The zero-order chi connectivity index (χ0) is 27.0. The molecule has 38 heavy (non-hydrogen) atoms. The SMILES string of the molecule is CCOc1ccc(NS(=O)(=O)c2ccc(C(=O)O)cc2)cc1-c1nn2c(C3CCCC3)nc(C)c2c(=O)[nH]1. The van der Waals surface area contributed by atoms with Crippen LogP contribution in [0.25, 0.3) is 16.9 Å². The standard InChI is InChI=1S/C26H27N5O6S/c1-3-37-21-13-10-18(30-38(35,36)19-11-8-17(9-12-19)26(33)34)14-20(21)23-28-25(32)22-15(2)27-24(31(22)29-23)16-6-4-5-7-16/h8-14,16,30H,3-7H2,1-2H3,(H,33,34)(H,28,29,32). The van der Waals surface area contributed by atoms with E-state index in [1.807, 2.05) is 6.92 Å². The fourth-order valence-electron chi connectivity index (χ4n) is 4.81. The third kappa shape index (κ3) is 4.74. The molecular weight excluding hydrogens is 510 g/mol.